The number of unbranched alkanes of at least 4 members (excludes halogenated alkanes) is 14. The number of aliphatic carboxylic acids is 1. The first-order chi connectivity index (χ1) is 31.1. The molecule has 0 aliphatic rings. The predicted octanol–water partition coefficient (Wildman–Crippen LogP) is 13.2. The number of esters is 1. The molecule has 11 nitrogen and oxygen atoms in total. The van der Waals surface area contributed by atoms with Crippen LogP contribution in [0.2, 0.25) is 0 Å². The highest BCUT2D eigenvalue weighted by Gasteiger charge is 2.28. The van der Waals surface area contributed by atoms with Gasteiger partial charge in [0.1, 0.15) is 12.7 Å². The normalized spacial score (nSPS) is 14.4. The van der Waals surface area contributed by atoms with Crippen molar-refractivity contribution in [1.82, 2.24) is 5.32 Å². The number of carboxylic acids is 1. The summed E-state index contributed by atoms with van der Waals surface area (Å²) in [7, 11) is -4.78. The largest absolute Gasteiger partial charge is 0.480 e. The summed E-state index contributed by atoms with van der Waals surface area (Å²) < 4.78 is 26.9. The number of carboxylic acid groups (broad SMARTS) is 1. The Morgan fingerprint density at radius 3 is 1.39 bits per heavy atom. The van der Waals surface area contributed by atoms with Gasteiger partial charge >= 0.3 is 19.8 Å². The Morgan fingerprint density at radius 1 is 0.516 bits per heavy atom. The second-order valence-electron chi connectivity index (χ2n) is 15.9. The first-order valence-corrected chi connectivity index (χ1v) is 25.8. The second kappa shape index (κ2) is 45.9. The Labute approximate surface area is 387 Å². The molecule has 64 heavy (non-hydrogen) atoms. The van der Waals surface area contributed by atoms with E-state index in [-0.39, 0.29) is 12.8 Å². The predicted molar refractivity (Wildman–Crippen MR) is 263 cm³/mol. The fourth-order valence-corrected chi connectivity index (χ4v) is 6.89. The number of ether oxygens (including phenoxy) is 1. The molecule has 0 spiro atoms. The lowest BCUT2D eigenvalue weighted by molar-refractivity contribution is -0.147. The van der Waals surface area contributed by atoms with E-state index < -0.39 is 57.6 Å². The average molecular weight is 916 g/mol. The zero-order chi connectivity index (χ0) is 47.0. The monoisotopic (exact) mass is 916 g/mol. The lowest BCUT2D eigenvalue weighted by Crippen LogP contribution is -2.43. The summed E-state index contributed by atoms with van der Waals surface area (Å²) in [6.45, 7) is 2.40. The Hall–Kier alpha value is -3.60. The van der Waals surface area contributed by atoms with Gasteiger partial charge < -0.3 is 25.2 Å². The van der Waals surface area contributed by atoms with E-state index in [9.17, 15) is 34.1 Å². The maximum Gasteiger partial charge on any atom is 0.472 e. The van der Waals surface area contributed by atoms with Gasteiger partial charge in [0.25, 0.3) is 0 Å². The number of aliphatic hydroxyl groups is 1. The Balaban J connectivity index is 3.92. The minimum absolute atomic E-state index is 0.0619. The molecule has 0 aromatic heterocycles. The van der Waals surface area contributed by atoms with Crippen molar-refractivity contribution < 1.29 is 47.8 Å². The Kier molecular flexibility index (Phi) is 43.4. The summed E-state index contributed by atoms with van der Waals surface area (Å²) in [5.74, 6) is -2.47. The number of amides is 1. The molecule has 3 unspecified atom stereocenters. The lowest BCUT2D eigenvalue weighted by atomic mass is 10.1. The van der Waals surface area contributed by atoms with Crippen LogP contribution in [-0.2, 0) is 32.7 Å². The van der Waals surface area contributed by atoms with Crippen LogP contribution in [0.1, 0.15) is 181 Å². The highest BCUT2D eigenvalue weighted by molar-refractivity contribution is 7.47. The molecule has 0 aromatic carbocycles. The van der Waals surface area contributed by atoms with Gasteiger partial charge in [-0.3, -0.25) is 18.6 Å². The number of aliphatic hydroxyl groups excluding tert-OH is 1. The number of phosphoric ester groups is 1. The zero-order valence-electron chi connectivity index (χ0n) is 39.5. The number of carbonyl (C=O) groups excluding carboxylic acids is 2. The molecule has 0 saturated heterocycles. The van der Waals surface area contributed by atoms with Gasteiger partial charge in [-0.05, 0) is 89.9 Å². The number of nitrogens with one attached hydrogen (secondary N) is 1. The van der Waals surface area contributed by atoms with E-state index in [2.05, 4.69) is 104 Å². The van der Waals surface area contributed by atoms with Crippen molar-refractivity contribution in [2.45, 2.75) is 193 Å². The maximum absolute atomic E-state index is 12.3. The molecule has 4 N–H and O–H groups in total. The molecule has 0 saturated carbocycles. The summed E-state index contributed by atoms with van der Waals surface area (Å²) >= 11 is 0. The number of rotatable bonds is 44. The number of allylic oxidation sites excluding steroid dienone is 16. The molecule has 1 amide bonds. The van der Waals surface area contributed by atoms with Crippen LogP contribution in [0.4, 0.5) is 0 Å². The highest BCUT2D eigenvalue weighted by Crippen LogP contribution is 2.43. The summed E-state index contributed by atoms with van der Waals surface area (Å²) in [6, 6.07) is -1.58. The summed E-state index contributed by atoms with van der Waals surface area (Å²) in [5.41, 5.74) is 0. The van der Waals surface area contributed by atoms with Crippen molar-refractivity contribution in [1.29, 1.82) is 0 Å². The number of hydrogen-bond acceptors (Lipinski definition) is 8. The molecule has 0 aliphatic heterocycles. The molecular weight excluding hydrogens is 830 g/mol. The molecule has 0 aromatic rings. The molecule has 12 heteroatoms. The van der Waals surface area contributed by atoms with Crippen molar-refractivity contribution in [2.24, 2.45) is 0 Å². The smallest absolute Gasteiger partial charge is 0.472 e. The average Bonchev–Trinajstić information content (AvgIpc) is 3.27. The van der Waals surface area contributed by atoms with Gasteiger partial charge in [0.15, 0.2) is 6.04 Å². The van der Waals surface area contributed by atoms with Crippen molar-refractivity contribution in [3.63, 3.8) is 0 Å². The summed E-state index contributed by atoms with van der Waals surface area (Å²) in [6.07, 6.45) is 58.7. The van der Waals surface area contributed by atoms with E-state index in [1.807, 2.05) is 12.2 Å². The topological polar surface area (TPSA) is 169 Å². The van der Waals surface area contributed by atoms with Crippen LogP contribution in [0.3, 0.4) is 0 Å². The Bertz CT molecular complexity index is 1450. The van der Waals surface area contributed by atoms with Gasteiger partial charge in [0.05, 0.1) is 13.2 Å². The SMILES string of the molecule is CC/C=C\C/C=C\C/C=C\C/C=C\C/C=C\CCCC(=O)NC(COP(=O)(O)OCC(O)COC(=O)CCCCCCCCCCCC/C=C\C/C=C\C/C=C\CCCCC)C(=O)O. The van der Waals surface area contributed by atoms with Gasteiger partial charge in [0.2, 0.25) is 5.91 Å². The third-order valence-electron chi connectivity index (χ3n) is 9.86. The molecule has 0 bridgehead atoms. The molecule has 0 fully saturated rings. The molecule has 0 heterocycles. The van der Waals surface area contributed by atoms with E-state index >= 15 is 0 Å². The first-order valence-electron chi connectivity index (χ1n) is 24.3. The quantitative estimate of drug-likeness (QED) is 0.0200. The van der Waals surface area contributed by atoms with Crippen LogP contribution in [0, 0.1) is 0 Å². The first kappa shape index (κ1) is 60.4. The number of phosphoric acid groups is 1. The van der Waals surface area contributed by atoms with E-state index in [4.69, 9.17) is 13.8 Å². The zero-order valence-corrected chi connectivity index (χ0v) is 40.4. The number of hydrogen-bond donors (Lipinski definition) is 4. The van der Waals surface area contributed by atoms with E-state index in [1.54, 1.807) is 0 Å². The van der Waals surface area contributed by atoms with Crippen molar-refractivity contribution in [3.05, 3.63) is 97.2 Å². The summed E-state index contributed by atoms with van der Waals surface area (Å²) in [5, 5.41) is 21.8. The maximum atomic E-state index is 12.3. The van der Waals surface area contributed by atoms with Crippen LogP contribution in [0.15, 0.2) is 97.2 Å². The van der Waals surface area contributed by atoms with E-state index in [1.165, 1.54) is 64.2 Å². The van der Waals surface area contributed by atoms with Crippen LogP contribution >= 0.6 is 7.82 Å². The van der Waals surface area contributed by atoms with Gasteiger partial charge in [-0.25, -0.2) is 9.36 Å². The fourth-order valence-electron chi connectivity index (χ4n) is 6.12. The lowest BCUT2D eigenvalue weighted by Gasteiger charge is -2.18. The van der Waals surface area contributed by atoms with Crippen LogP contribution in [0.25, 0.3) is 0 Å². The fraction of sp³-hybridized carbons (Fsp3) is 0.635. The van der Waals surface area contributed by atoms with Crippen molar-refractivity contribution in [3.8, 4) is 0 Å². The molecule has 364 valence electrons. The van der Waals surface area contributed by atoms with E-state index in [0.29, 0.717) is 19.3 Å². The van der Waals surface area contributed by atoms with Crippen molar-refractivity contribution in [2.75, 3.05) is 19.8 Å². The standard InChI is InChI=1S/C52H86NO10P/c1-3-5-7-9-11-13-15-17-19-21-22-23-24-25-26-28-30-32-34-36-38-40-42-44-51(56)61-45-48(54)46-62-64(59,60)63-47-49(52(57)58)53-50(55)43-41-39-37-35-33-31-29-27-20-18-16-14-12-10-8-6-4-2/h6,8,11-14,17-20,22-23,29,31,35,37,48-49,54H,3-5,7,9-10,15-16,21,24-28,30,32-34,36,38-47H2,1-2H3,(H,53,55)(H,57,58)(H,59,60)/b8-6-,13-11-,14-12-,19-17-,20-18-,23-22-,31-29-,37-35-. The van der Waals surface area contributed by atoms with Crippen LogP contribution in [0.5, 0.6) is 0 Å². The molecule has 3 atom stereocenters. The minimum Gasteiger partial charge on any atom is -0.480 e. The van der Waals surface area contributed by atoms with Gasteiger partial charge in [0, 0.05) is 12.8 Å². The van der Waals surface area contributed by atoms with Crippen LogP contribution in [-0.4, -0.2) is 64.9 Å². The van der Waals surface area contributed by atoms with Gasteiger partial charge in [-0.2, -0.15) is 0 Å². The van der Waals surface area contributed by atoms with E-state index in [0.717, 1.165) is 70.6 Å². The third kappa shape index (κ3) is 45.0. The molecule has 0 aliphatic carbocycles. The number of carbonyl (C=O) groups is 3. The third-order valence-corrected chi connectivity index (χ3v) is 10.8. The van der Waals surface area contributed by atoms with Gasteiger partial charge in [-0.15, -0.1) is 0 Å². The second-order valence-corrected chi connectivity index (χ2v) is 17.4. The van der Waals surface area contributed by atoms with Crippen molar-refractivity contribution >= 4 is 25.7 Å². The molecule has 0 radical (unpaired) electrons. The molecule has 0 rings (SSSR count). The molecular formula is C52H86NO10P. The highest BCUT2D eigenvalue weighted by atomic mass is 31.2. The van der Waals surface area contributed by atoms with Crippen LogP contribution < -0.4 is 5.32 Å². The van der Waals surface area contributed by atoms with Gasteiger partial charge in [-0.1, -0.05) is 175 Å². The minimum atomic E-state index is -4.78. The summed E-state index contributed by atoms with van der Waals surface area (Å²) in [4.78, 5) is 46.0. The Morgan fingerprint density at radius 2 is 0.922 bits per heavy atom.